The number of amides is 1. The molecule has 3 rings (SSSR count). The molecule has 2 aromatic rings. The van der Waals surface area contributed by atoms with Gasteiger partial charge in [-0.15, -0.1) is 0 Å². The number of carbonyl (C=O) groups is 1. The molecule has 1 fully saturated rings. The molecule has 0 bridgehead atoms. The molecule has 0 N–H and O–H groups in total. The molecular formula is C21H24ClNO5. The fourth-order valence-corrected chi connectivity index (χ4v) is 3.10. The Hall–Kier alpha value is -2.44. The molecule has 2 unspecified atom stereocenters. The molecule has 0 spiro atoms. The van der Waals surface area contributed by atoms with Crippen LogP contribution in [0.1, 0.15) is 6.92 Å². The van der Waals surface area contributed by atoms with E-state index in [9.17, 15) is 4.79 Å². The van der Waals surface area contributed by atoms with Crippen LogP contribution in [-0.2, 0) is 9.53 Å². The van der Waals surface area contributed by atoms with Gasteiger partial charge in [0.2, 0.25) is 0 Å². The highest BCUT2D eigenvalue weighted by molar-refractivity contribution is 6.32. The smallest absolute Gasteiger partial charge is 0.263 e. The van der Waals surface area contributed by atoms with Crippen LogP contribution in [0.5, 0.6) is 17.2 Å². The summed E-state index contributed by atoms with van der Waals surface area (Å²) in [6, 6.07) is 14.5. The maximum absolute atomic E-state index is 12.8. The van der Waals surface area contributed by atoms with Gasteiger partial charge >= 0.3 is 0 Å². The Balaban J connectivity index is 1.51. The van der Waals surface area contributed by atoms with Crippen molar-refractivity contribution in [1.29, 1.82) is 0 Å². The first kappa shape index (κ1) is 20.3. The summed E-state index contributed by atoms with van der Waals surface area (Å²) in [5, 5.41) is 0.481. The monoisotopic (exact) mass is 405 g/mol. The first-order chi connectivity index (χ1) is 13.6. The van der Waals surface area contributed by atoms with Gasteiger partial charge in [-0.2, -0.15) is 0 Å². The number of methoxy groups -OCH3 is 1. The zero-order valence-corrected chi connectivity index (χ0v) is 16.7. The number of benzene rings is 2. The Bertz CT molecular complexity index is 783. The number of hydrogen-bond acceptors (Lipinski definition) is 5. The van der Waals surface area contributed by atoms with Gasteiger partial charge in [0.05, 0.1) is 25.3 Å². The highest BCUT2D eigenvalue weighted by atomic mass is 35.5. The molecule has 0 aromatic heterocycles. The molecule has 1 heterocycles. The van der Waals surface area contributed by atoms with Crippen LogP contribution in [0.2, 0.25) is 5.02 Å². The van der Waals surface area contributed by atoms with Gasteiger partial charge in [-0.3, -0.25) is 4.79 Å². The van der Waals surface area contributed by atoms with Gasteiger partial charge < -0.3 is 23.8 Å². The standard InChI is InChI=1S/C21H24ClNO5/c1-15(28-20-6-4-3-5-19(20)22)21(24)23-11-12-26-18(13-23)14-27-17-9-7-16(25-2)8-10-17/h3-10,15,18H,11-14H2,1-2H3. The Morgan fingerprint density at radius 2 is 1.93 bits per heavy atom. The summed E-state index contributed by atoms with van der Waals surface area (Å²) in [6.45, 7) is 3.51. The molecule has 1 aliphatic rings. The van der Waals surface area contributed by atoms with Crippen molar-refractivity contribution in [1.82, 2.24) is 4.90 Å². The predicted octanol–water partition coefficient (Wildman–Crippen LogP) is 3.42. The molecule has 1 amide bonds. The highest BCUT2D eigenvalue weighted by Crippen LogP contribution is 2.25. The number of morpholine rings is 1. The van der Waals surface area contributed by atoms with Crippen molar-refractivity contribution >= 4 is 17.5 Å². The second-order valence-corrected chi connectivity index (χ2v) is 6.86. The van der Waals surface area contributed by atoms with Crippen LogP contribution < -0.4 is 14.2 Å². The number of ether oxygens (including phenoxy) is 4. The van der Waals surface area contributed by atoms with E-state index in [1.807, 2.05) is 36.4 Å². The number of nitrogens with zero attached hydrogens (tertiary/aromatic N) is 1. The molecule has 2 atom stereocenters. The topological polar surface area (TPSA) is 57.2 Å². The van der Waals surface area contributed by atoms with E-state index in [0.29, 0.717) is 37.1 Å². The van der Waals surface area contributed by atoms with Crippen LogP contribution in [0.15, 0.2) is 48.5 Å². The van der Waals surface area contributed by atoms with Crippen molar-refractivity contribution < 1.29 is 23.7 Å². The van der Waals surface area contributed by atoms with Crippen LogP contribution >= 0.6 is 11.6 Å². The van der Waals surface area contributed by atoms with Crippen LogP contribution in [0.4, 0.5) is 0 Å². The minimum Gasteiger partial charge on any atom is -0.497 e. The number of para-hydroxylation sites is 1. The van der Waals surface area contributed by atoms with Crippen molar-refractivity contribution in [2.75, 3.05) is 33.4 Å². The minimum absolute atomic E-state index is 0.0994. The molecule has 2 aromatic carbocycles. The fraction of sp³-hybridized carbons (Fsp3) is 0.381. The molecule has 28 heavy (non-hydrogen) atoms. The lowest BCUT2D eigenvalue weighted by molar-refractivity contribution is -0.146. The first-order valence-electron chi connectivity index (χ1n) is 9.15. The molecule has 6 nitrogen and oxygen atoms in total. The lowest BCUT2D eigenvalue weighted by Gasteiger charge is -2.34. The van der Waals surface area contributed by atoms with E-state index in [0.717, 1.165) is 11.5 Å². The van der Waals surface area contributed by atoms with Crippen molar-refractivity contribution in [3.63, 3.8) is 0 Å². The van der Waals surface area contributed by atoms with Crippen molar-refractivity contribution in [3.8, 4) is 17.2 Å². The lowest BCUT2D eigenvalue weighted by Crippen LogP contribution is -2.51. The molecule has 1 saturated heterocycles. The van der Waals surface area contributed by atoms with Crippen LogP contribution in [0.3, 0.4) is 0 Å². The SMILES string of the molecule is COc1ccc(OCC2CN(C(=O)C(C)Oc3ccccc3Cl)CCO2)cc1. The molecule has 1 aliphatic heterocycles. The fourth-order valence-electron chi connectivity index (χ4n) is 2.92. The minimum atomic E-state index is -0.638. The zero-order valence-electron chi connectivity index (χ0n) is 16.0. The second-order valence-electron chi connectivity index (χ2n) is 6.45. The van der Waals surface area contributed by atoms with E-state index >= 15 is 0 Å². The number of rotatable bonds is 7. The number of halogens is 1. The average molecular weight is 406 g/mol. The molecule has 150 valence electrons. The average Bonchev–Trinajstić information content (AvgIpc) is 2.74. The summed E-state index contributed by atoms with van der Waals surface area (Å²) in [5.74, 6) is 1.89. The van der Waals surface area contributed by atoms with Gasteiger partial charge in [-0.05, 0) is 43.3 Å². The van der Waals surface area contributed by atoms with Gasteiger partial charge in [0.1, 0.15) is 30.0 Å². The normalized spacial score (nSPS) is 17.7. The molecule has 0 saturated carbocycles. The summed E-state index contributed by atoms with van der Waals surface area (Å²) in [7, 11) is 1.62. The third kappa shape index (κ3) is 5.30. The maximum atomic E-state index is 12.8. The Morgan fingerprint density at radius 1 is 1.21 bits per heavy atom. The van der Waals surface area contributed by atoms with Crippen molar-refractivity contribution in [2.45, 2.75) is 19.1 Å². The summed E-state index contributed by atoms with van der Waals surface area (Å²) < 4.78 is 22.4. The summed E-state index contributed by atoms with van der Waals surface area (Å²) in [4.78, 5) is 14.5. The summed E-state index contributed by atoms with van der Waals surface area (Å²) in [5.41, 5.74) is 0. The highest BCUT2D eigenvalue weighted by Gasteiger charge is 2.29. The predicted molar refractivity (Wildman–Crippen MR) is 106 cm³/mol. The van der Waals surface area contributed by atoms with E-state index in [-0.39, 0.29) is 12.0 Å². The first-order valence-corrected chi connectivity index (χ1v) is 9.53. The van der Waals surface area contributed by atoms with Crippen LogP contribution in [0, 0.1) is 0 Å². The zero-order chi connectivity index (χ0) is 19.9. The molecule has 0 aliphatic carbocycles. The van der Waals surface area contributed by atoms with Crippen molar-refractivity contribution in [3.05, 3.63) is 53.6 Å². The van der Waals surface area contributed by atoms with E-state index in [2.05, 4.69) is 0 Å². The van der Waals surface area contributed by atoms with Crippen LogP contribution in [0.25, 0.3) is 0 Å². The quantitative estimate of drug-likeness (QED) is 0.706. The van der Waals surface area contributed by atoms with Gasteiger partial charge in [0, 0.05) is 6.54 Å². The molecule has 0 radical (unpaired) electrons. The summed E-state index contributed by atoms with van der Waals surface area (Å²) in [6.07, 6.45) is -0.839. The Morgan fingerprint density at radius 3 is 2.64 bits per heavy atom. The lowest BCUT2D eigenvalue weighted by atomic mass is 10.2. The molecular weight excluding hydrogens is 382 g/mol. The van der Waals surface area contributed by atoms with Crippen molar-refractivity contribution in [2.24, 2.45) is 0 Å². The van der Waals surface area contributed by atoms with Gasteiger partial charge in [-0.25, -0.2) is 0 Å². The third-order valence-electron chi connectivity index (χ3n) is 4.43. The van der Waals surface area contributed by atoms with E-state index in [4.69, 9.17) is 30.5 Å². The van der Waals surface area contributed by atoms with Gasteiger partial charge in [-0.1, -0.05) is 23.7 Å². The van der Waals surface area contributed by atoms with Crippen LogP contribution in [-0.4, -0.2) is 56.4 Å². The molecule has 7 heteroatoms. The van der Waals surface area contributed by atoms with Gasteiger partial charge in [0.15, 0.2) is 6.10 Å². The maximum Gasteiger partial charge on any atom is 0.263 e. The second kappa shape index (κ2) is 9.66. The number of hydrogen-bond donors (Lipinski definition) is 0. The Labute approximate surface area is 169 Å². The largest absolute Gasteiger partial charge is 0.497 e. The van der Waals surface area contributed by atoms with E-state index in [1.165, 1.54) is 0 Å². The number of carbonyl (C=O) groups excluding carboxylic acids is 1. The summed E-state index contributed by atoms with van der Waals surface area (Å²) >= 11 is 6.11. The third-order valence-corrected chi connectivity index (χ3v) is 4.75. The van der Waals surface area contributed by atoms with Gasteiger partial charge in [0.25, 0.3) is 5.91 Å². The van der Waals surface area contributed by atoms with E-state index < -0.39 is 6.10 Å². The van der Waals surface area contributed by atoms with E-state index in [1.54, 1.807) is 31.1 Å². The Kier molecular flexibility index (Phi) is 7.01.